The molecule has 0 spiro atoms. The monoisotopic (exact) mass is 436 g/mol. The summed E-state index contributed by atoms with van der Waals surface area (Å²) in [4.78, 5) is 38.7. The molecule has 0 unspecified atom stereocenters. The molecule has 7 nitrogen and oxygen atoms in total. The summed E-state index contributed by atoms with van der Waals surface area (Å²) in [5.74, 6) is -0.423. The zero-order valence-electron chi connectivity index (χ0n) is 17.1. The molecule has 3 N–H and O–H groups in total. The van der Waals surface area contributed by atoms with Crippen LogP contribution in [0.3, 0.4) is 0 Å². The molecule has 1 heterocycles. The third-order valence-electron chi connectivity index (χ3n) is 4.39. The first kappa shape index (κ1) is 22.0. The lowest BCUT2D eigenvalue weighted by atomic mass is 10.2. The van der Waals surface area contributed by atoms with Crippen molar-refractivity contribution >= 4 is 40.6 Å². The molecule has 0 radical (unpaired) electrons. The highest BCUT2D eigenvalue weighted by molar-refractivity contribution is 7.12. The van der Waals surface area contributed by atoms with Gasteiger partial charge in [0.2, 0.25) is 5.91 Å². The Bertz CT molecular complexity index is 1020. The smallest absolute Gasteiger partial charge is 0.317 e. The Morgan fingerprint density at radius 2 is 1.65 bits per heavy atom. The van der Waals surface area contributed by atoms with Gasteiger partial charge in [0.1, 0.15) is 0 Å². The van der Waals surface area contributed by atoms with Gasteiger partial charge in [-0.1, -0.05) is 42.5 Å². The molecule has 0 saturated carbocycles. The highest BCUT2D eigenvalue weighted by Gasteiger charge is 2.11. The molecule has 160 valence electrons. The number of thiophene rings is 1. The van der Waals surface area contributed by atoms with Gasteiger partial charge in [0, 0.05) is 37.9 Å². The zero-order chi connectivity index (χ0) is 22.1. The Balaban J connectivity index is 1.42. The van der Waals surface area contributed by atoms with Crippen molar-refractivity contribution in [1.82, 2.24) is 10.2 Å². The molecule has 3 rings (SSSR count). The van der Waals surface area contributed by atoms with E-state index in [0.29, 0.717) is 22.8 Å². The van der Waals surface area contributed by atoms with Gasteiger partial charge in [0.25, 0.3) is 5.91 Å². The predicted octanol–water partition coefficient (Wildman–Crippen LogP) is 4.17. The van der Waals surface area contributed by atoms with Crippen molar-refractivity contribution in [1.29, 1.82) is 0 Å². The fraction of sp³-hybridized carbons (Fsp3) is 0.174. The van der Waals surface area contributed by atoms with Gasteiger partial charge >= 0.3 is 6.03 Å². The first-order valence-electron chi connectivity index (χ1n) is 9.79. The molecular weight excluding hydrogens is 412 g/mol. The first-order chi connectivity index (χ1) is 15.0. The zero-order valence-corrected chi connectivity index (χ0v) is 17.9. The lowest BCUT2D eigenvalue weighted by molar-refractivity contribution is -0.116. The van der Waals surface area contributed by atoms with Crippen molar-refractivity contribution in [2.24, 2.45) is 0 Å². The second-order valence-electron chi connectivity index (χ2n) is 6.88. The van der Waals surface area contributed by atoms with Crippen molar-refractivity contribution in [3.05, 3.63) is 82.6 Å². The first-order valence-corrected chi connectivity index (χ1v) is 10.7. The topological polar surface area (TPSA) is 90.5 Å². The van der Waals surface area contributed by atoms with Gasteiger partial charge in [0.05, 0.1) is 4.88 Å². The van der Waals surface area contributed by atoms with Gasteiger partial charge in [-0.05, 0) is 35.2 Å². The van der Waals surface area contributed by atoms with Crippen LogP contribution in [0.5, 0.6) is 0 Å². The van der Waals surface area contributed by atoms with Crippen molar-refractivity contribution in [3.8, 4) is 0 Å². The minimum absolute atomic E-state index is 0.136. The molecule has 0 aliphatic rings. The number of anilines is 2. The van der Waals surface area contributed by atoms with Crippen LogP contribution >= 0.6 is 11.3 Å². The summed E-state index contributed by atoms with van der Waals surface area (Å²) in [6.45, 7) is 0.710. The SMILES string of the molecule is CN(Cc1ccccc1)C(=O)NCCC(=O)Nc1cccc(NC(=O)c2cccs2)c1. The minimum atomic E-state index is -0.241. The molecule has 0 bridgehead atoms. The van der Waals surface area contributed by atoms with Crippen LogP contribution < -0.4 is 16.0 Å². The van der Waals surface area contributed by atoms with Gasteiger partial charge in [-0.3, -0.25) is 9.59 Å². The van der Waals surface area contributed by atoms with E-state index in [4.69, 9.17) is 0 Å². The number of carbonyl (C=O) groups excluding carboxylic acids is 3. The lowest BCUT2D eigenvalue weighted by Gasteiger charge is -2.18. The number of hydrogen-bond acceptors (Lipinski definition) is 4. The average molecular weight is 437 g/mol. The molecule has 4 amide bonds. The fourth-order valence-corrected chi connectivity index (χ4v) is 3.46. The Morgan fingerprint density at radius 3 is 2.35 bits per heavy atom. The number of rotatable bonds is 8. The normalized spacial score (nSPS) is 10.2. The molecule has 0 atom stereocenters. The number of nitrogens with zero attached hydrogens (tertiary/aromatic N) is 1. The van der Waals surface area contributed by atoms with E-state index >= 15 is 0 Å². The average Bonchev–Trinajstić information content (AvgIpc) is 3.30. The summed E-state index contributed by atoms with van der Waals surface area (Å²) in [6, 6.07) is 19.9. The summed E-state index contributed by atoms with van der Waals surface area (Å²) in [5.41, 5.74) is 2.19. The largest absolute Gasteiger partial charge is 0.337 e. The van der Waals surface area contributed by atoms with Crippen molar-refractivity contribution < 1.29 is 14.4 Å². The van der Waals surface area contributed by atoms with Crippen LogP contribution in [0.2, 0.25) is 0 Å². The van der Waals surface area contributed by atoms with E-state index < -0.39 is 0 Å². The van der Waals surface area contributed by atoms with Crippen LogP contribution in [-0.4, -0.2) is 36.3 Å². The van der Waals surface area contributed by atoms with Crippen molar-refractivity contribution in [2.75, 3.05) is 24.2 Å². The number of hydrogen-bond donors (Lipinski definition) is 3. The van der Waals surface area contributed by atoms with E-state index in [1.807, 2.05) is 41.8 Å². The summed E-state index contributed by atoms with van der Waals surface area (Å²) in [5, 5.41) is 10.2. The molecule has 2 aromatic carbocycles. The van der Waals surface area contributed by atoms with Crippen LogP contribution in [-0.2, 0) is 11.3 Å². The van der Waals surface area contributed by atoms with E-state index in [0.717, 1.165) is 5.56 Å². The van der Waals surface area contributed by atoms with E-state index in [2.05, 4.69) is 16.0 Å². The quantitative estimate of drug-likeness (QED) is 0.495. The Morgan fingerprint density at radius 1 is 0.903 bits per heavy atom. The van der Waals surface area contributed by atoms with Gasteiger partial charge in [-0.25, -0.2) is 4.79 Å². The van der Waals surface area contributed by atoms with Crippen molar-refractivity contribution in [2.45, 2.75) is 13.0 Å². The maximum absolute atomic E-state index is 12.2. The van der Waals surface area contributed by atoms with E-state index in [1.54, 1.807) is 42.3 Å². The Kier molecular flexibility index (Phi) is 7.78. The van der Waals surface area contributed by atoms with Crippen molar-refractivity contribution in [3.63, 3.8) is 0 Å². The summed E-state index contributed by atoms with van der Waals surface area (Å²) in [6.07, 6.45) is 0.136. The molecular formula is C23H24N4O3S. The van der Waals surface area contributed by atoms with Crippen LogP contribution in [0.15, 0.2) is 72.1 Å². The van der Waals surface area contributed by atoms with Gasteiger partial charge < -0.3 is 20.9 Å². The Labute approximate surface area is 185 Å². The van der Waals surface area contributed by atoms with E-state index in [-0.39, 0.29) is 30.8 Å². The van der Waals surface area contributed by atoms with E-state index in [1.165, 1.54) is 11.3 Å². The molecule has 0 saturated heterocycles. The number of benzene rings is 2. The molecule has 1 aromatic heterocycles. The lowest BCUT2D eigenvalue weighted by Crippen LogP contribution is -2.38. The summed E-state index contributed by atoms with van der Waals surface area (Å²) >= 11 is 1.36. The maximum Gasteiger partial charge on any atom is 0.317 e. The van der Waals surface area contributed by atoms with Gasteiger partial charge in [0.15, 0.2) is 0 Å². The summed E-state index contributed by atoms with van der Waals surface area (Å²) in [7, 11) is 1.71. The van der Waals surface area contributed by atoms with E-state index in [9.17, 15) is 14.4 Å². The second kappa shape index (κ2) is 10.9. The number of urea groups is 1. The highest BCUT2D eigenvalue weighted by Crippen LogP contribution is 2.17. The summed E-state index contributed by atoms with van der Waals surface area (Å²) < 4.78 is 0. The number of carbonyl (C=O) groups is 3. The Hall–Kier alpha value is -3.65. The third kappa shape index (κ3) is 6.97. The third-order valence-corrected chi connectivity index (χ3v) is 5.26. The number of amides is 4. The molecule has 0 aliphatic heterocycles. The highest BCUT2D eigenvalue weighted by atomic mass is 32.1. The molecule has 8 heteroatoms. The van der Waals surface area contributed by atoms with Gasteiger partial charge in [-0.15, -0.1) is 11.3 Å². The predicted molar refractivity (Wildman–Crippen MR) is 123 cm³/mol. The van der Waals surface area contributed by atoms with Crippen LogP contribution in [0.25, 0.3) is 0 Å². The molecule has 31 heavy (non-hydrogen) atoms. The molecule has 0 fully saturated rings. The van der Waals surface area contributed by atoms with Crippen LogP contribution in [0, 0.1) is 0 Å². The number of nitrogens with one attached hydrogen (secondary N) is 3. The van der Waals surface area contributed by atoms with Crippen LogP contribution in [0.4, 0.5) is 16.2 Å². The van der Waals surface area contributed by atoms with Crippen LogP contribution in [0.1, 0.15) is 21.7 Å². The van der Waals surface area contributed by atoms with Gasteiger partial charge in [-0.2, -0.15) is 0 Å². The molecule has 0 aliphatic carbocycles. The standard InChI is InChI=1S/C23H24N4O3S/c1-27(16-17-7-3-2-4-8-17)23(30)24-13-12-21(28)25-18-9-5-10-19(15-18)26-22(29)20-11-6-14-31-20/h2-11,14-15H,12-13,16H2,1H3,(H,24,30)(H,25,28)(H,26,29). The second-order valence-corrected chi connectivity index (χ2v) is 7.83. The maximum atomic E-state index is 12.2. The molecule has 3 aromatic rings. The fourth-order valence-electron chi connectivity index (χ4n) is 2.85. The minimum Gasteiger partial charge on any atom is -0.337 e.